The van der Waals surface area contributed by atoms with Crippen molar-refractivity contribution >= 4 is 29.8 Å². The number of rotatable bonds is 10. The van der Waals surface area contributed by atoms with Gasteiger partial charge in [0.15, 0.2) is 12.2 Å². The first kappa shape index (κ1) is 54.1. The second-order valence-corrected chi connectivity index (χ2v) is 21.0. The van der Waals surface area contributed by atoms with E-state index in [4.69, 9.17) is 28.4 Å². The smallest absolute Gasteiger partial charge is 0.338 e. The quantitative estimate of drug-likeness (QED) is 0.0734. The van der Waals surface area contributed by atoms with Crippen molar-refractivity contribution in [2.75, 3.05) is 19.7 Å². The van der Waals surface area contributed by atoms with Gasteiger partial charge in [-0.15, -0.1) is 0 Å². The average molecular weight is 1060 g/mol. The van der Waals surface area contributed by atoms with Crippen LogP contribution in [-0.2, 0) is 38.6 Å². The molecule has 0 aromatic heterocycles. The monoisotopic (exact) mass is 1060 g/mol. The number of hydrogen-bond acceptors (Lipinski definition) is 11. The highest BCUT2D eigenvalue weighted by atomic mass is 16.6. The standard InChI is InChI=1S/C67H63NO11/c1-6-56-42(2)43(3)60(77-64(71)49-21-13-8-14-22-49)58(75-56)34-30-47-28-32-53-52-31-27-46(39-54(52)67(55(53)40-47)35-37-68(38-36-67)45(5)69)29-33-57-44(4)61(78-65(72)50-23-15-9-16-24-50)62(79-66(73)51-25-17-10-18-26-51)59(76-57)41-74-63(70)48-19-11-7-12-20-48/h7-28,31-32,39-40,42-44,56-62H,6,35-38,41H2,1-5H3/t42-,43-,44+,56+,57+,58+,59+,60-,61+,62+/m0/s1. The molecule has 10 atom stereocenters. The second-order valence-electron chi connectivity index (χ2n) is 21.0. The summed E-state index contributed by atoms with van der Waals surface area (Å²) in [6.45, 7) is 10.5. The van der Waals surface area contributed by atoms with Gasteiger partial charge in [0.1, 0.15) is 31.0 Å². The molecule has 0 saturated carbocycles. The number of fused-ring (bicyclic) bond motifs is 5. The Kier molecular flexibility index (Phi) is 16.3. The predicted octanol–water partition coefficient (Wildman–Crippen LogP) is 10.7. The van der Waals surface area contributed by atoms with Gasteiger partial charge in [-0.3, -0.25) is 4.79 Å². The second kappa shape index (κ2) is 23.8. The van der Waals surface area contributed by atoms with Crippen molar-refractivity contribution in [3.05, 3.63) is 202 Å². The lowest BCUT2D eigenvalue weighted by molar-refractivity contribution is -0.192. The molecule has 1 spiro atoms. The Balaban J connectivity index is 0.973. The van der Waals surface area contributed by atoms with Crippen LogP contribution >= 0.6 is 0 Å². The van der Waals surface area contributed by atoms with E-state index in [1.54, 1.807) is 110 Å². The van der Waals surface area contributed by atoms with E-state index in [1.165, 1.54) is 0 Å². The summed E-state index contributed by atoms with van der Waals surface area (Å²) in [5.74, 6) is 10.8. The van der Waals surface area contributed by atoms with Crippen molar-refractivity contribution in [1.29, 1.82) is 0 Å². The minimum Gasteiger partial charge on any atom is -0.459 e. The number of benzene rings is 6. The van der Waals surface area contributed by atoms with E-state index in [-0.39, 0.29) is 36.0 Å². The van der Waals surface area contributed by atoms with Gasteiger partial charge in [-0.2, -0.15) is 0 Å². The van der Waals surface area contributed by atoms with Crippen molar-refractivity contribution in [3.8, 4) is 34.8 Å². The molecular weight excluding hydrogens is 995 g/mol. The highest BCUT2D eigenvalue weighted by molar-refractivity contribution is 5.91. The zero-order valence-electron chi connectivity index (χ0n) is 45.0. The molecule has 402 valence electrons. The van der Waals surface area contributed by atoms with Crippen LogP contribution in [0, 0.1) is 41.4 Å². The zero-order chi connectivity index (χ0) is 55.2. The molecule has 6 aromatic rings. The highest BCUT2D eigenvalue weighted by Crippen LogP contribution is 2.54. The van der Waals surface area contributed by atoms with E-state index in [0.717, 1.165) is 34.2 Å². The Labute approximate surface area is 461 Å². The van der Waals surface area contributed by atoms with Gasteiger partial charge in [0.25, 0.3) is 0 Å². The van der Waals surface area contributed by atoms with Crippen LogP contribution in [0.15, 0.2) is 158 Å². The lowest BCUT2D eigenvalue weighted by Crippen LogP contribution is -2.58. The van der Waals surface area contributed by atoms with E-state index in [9.17, 15) is 24.0 Å². The van der Waals surface area contributed by atoms with Crippen LogP contribution in [0.4, 0.5) is 0 Å². The van der Waals surface area contributed by atoms with Crippen LogP contribution in [0.2, 0.25) is 0 Å². The fraction of sp³-hybridized carbons (Fsp3) is 0.328. The molecule has 0 bridgehead atoms. The number of carbonyl (C=O) groups is 5. The first-order valence-electron chi connectivity index (χ1n) is 27.2. The van der Waals surface area contributed by atoms with Crippen LogP contribution < -0.4 is 0 Å². The van der Waals surface area contributed by atoms with Gasteiger partial charge in [0, 0.05) is 48.4 Å². The topological polar surface area (TPSA) is 144 Å². The summed E-state index contributed by atoms with van der Waals surface area (Å²) < 4.78 is 37.8. The summed E-state index contributed by atoms with van der Waals surface area (Å²) in [5, 5.41) is 0. The molecule has 1 amide bonds. The highest BCUT2D eigenvalue weighted by Gasteiger charge is 2.50. The van der Waals surface area contributed by atoms with Crippen molar-refractivity contribution in [2.24, 2.45) is 17.8 Å². The molecule has 4 aliphatic rings. The number of esters is 4. The van der Waals surface area contributed by atoms with E-state index in [2.05, 4.69) is 68.7 Å². The normalized spacial score (nSPS) is 24.4. The molecule has 6 aromatic carbocycles. The number of hydrogen-bond donors (Lipinski definition) is 0. The molecule has 3 saturated heterocycles. The molecule has 0 unspecified atom stereocenters. The Bertz CT molecular complexity index is 3330. The van der Waals surface area contributed by atoms with E-state index < -0.39 is 71.8 Å². The number of nitrogens with zero attached hydrogens (tertiary/aromatic N) is 1. The number of piperidine rings is 1. The number of likely N-dealkylation sites (tertiary alicyclic amines) is 1. The van der Waals surface area contributed by atoms with Gasteiger partial charge < -0.3 is 33.3 Å². The van der Waals surface area contributed by atoms with Crippen LogP contribution in [0.5, 0.6) is 0 Å². The SMILES string of the molecule is CC[C@H]1O[C@H](C#Cc2ccc3c(c2)C2(CCN(C(C)=O)CC2)c2cc(C#C[C@H]4O[C@H](COC(=O)c5ccccc5)[C@@H](OC(=O)c5ccccc5)[C@H](OC(=O)c5ccccc5)[C@@H]4C)ccc2-3)[C@@H](OC(=O)c2ccccc2)[C@@H](C)[C@@H]1C. The predicted molar refractivity (Wildman–Crippen MR) is 297 cm³/mol. The summed E-state index contributed by atoms with van der Waals surface area (Å²) in [6, 6.07) is 47.0. The Hall–Kier alpha value is -8.29. The number of carbonyl (C=O) groups excluding carboxylic acids is 5. The summed E-state index contributed by atoms with van der Waals surface area (Å²) in [4.78, 5) is 69.2. The van der Waals surface area contributed by atoms with Crippen molar-refractivity contribution in [3.63, 3.8) is 0 Å². The average Bonchev–Trinajstić information content (AvgIpc) is 4.02. The zero-order valence-corrected chi connectivity index (χ0v) is 45.0. The first-order chi connectivity index (χ1) is 38.3. The van der Waals surface area contributed by atoms with Gasteiger partial charge in [0.05, 0.1) is 28.4 Å². The summed E-state index contributed by atoms with van der Waals surface area (Å²) in [6.07, 6.45) is -3.46. The third-order valence-corrected chi connectivity index (χ3v) is 16.2. The largest absolute Gasteiger partial charge is 0.459 e. The lowest BCUT2D eigenvalue weighted by atomic mass is 9.70. The van der Waals surface area contributed by atoms with E-state index >= 15 is 0 Å². The molecule has 12 nitrogen and oxygen atoms in total. The van der Waals surface area contributed by atoms with Gasteiger partial charge in [-0.05, 0) is 120 Å². The van der Waals surface area contributed by atoms with Crippen molar-refractivity contribution in [2.45, 2.75) is 102 Å². The molecule has 12 heteroatoms. The fourth-order valence-electron chi connectivity index (χ4n) is 11.6. The summed E-state index contributed by atoms with van der Waals surface area (Å²) in [5.41, 5.74) is 6.72. The maximum Gasteiger partial charge on any atom is 0.338 e. The summed E-state index contributed by atoms with van der Waals surface area (Å²) in [7, 11) is 0. The molecule has 3 fully saturated rings. The van der Waals surface area contributed by atoms with Crippen LogP contribution in [0.3, 0.4) is 0 Å². The Morgan fingerprint density at radius 3 is 1.42 bits per heavy atom. The van der Waals surface area contributed by atoms with Crippen LogP contribution in [0.1, 0.15) is 118 Å². The van der Waals surface area contributed by atoms with E-state index in [0.29, 0.717) is 48.2 Å². The Morgan fingerprint density at radius 1 is 0.519 bits per heavy atom. The fourth-order valence-corrected chi connectivity index (χ4v) is 11.6. The molecule has 3 aliphatic heterocycles. The molecular formula is C67H63NO11. The van der Waals surface area contributed by atoms with E-state index in [1.807, 2.05) is 42.2 Å². The molecule has 3 heterocycles. The third-order valence-electron chi connectivity index (χ3n) is 16.2. The summed E-state index contributed by atoms with van der Waals surface area (Å²) >= 11 is 0. The number of amides is 1. The minimum absolute atomic E-state index is 0.00808. The molecule has 79 heavy (non-hydrogen) atoms. The number of ether oxygens (including phenoxy) is 6. The van der Waals surface area contributed by atoms with Gasteiger partial charge >= 0.3 is 23.9 Å². The van der Waals surface area contributed by atoms with Crippen LogP contribution in [0.25, 0.3) is 11.1 Å². The van der Waals surface area contributed by atoms with Gasteiger partial charge in [0.2, 0.25) is 5.91 Å². The van der Waals surface area contributed by atoms with Gasteiger partial charge in [-0.25, -0.2) is 19.2 Å². The molecule has 1 aliphatic carbocycles. The van der Waals surface area contributed by atoms with Gasteiger partial charge in [-0.1, -0.05) is 136 Å². The van der Waals surface area contributed by atoms with Crippen molar-refractivity contribution in [1.82, 2.24) is 4.90 Å². The Morgan fingerprint density at radius 2 is 0.949 bits per heavy atom. The maximum atomic E-state index is 13.9. The molecule has 0 radical (unpaired) electrons. The lowest BCUT2D eigenvalue weighted by Gasteiger charge is -2.42. The first-order valence-corrected chi connectivity index (χ1v) is 27.2. The third kappa shape index (κ3) is 11.5. The molecule has 10 rings (SSSR count). The van der Waals surface area contributed by atoms with Crippen molar-refractivity contribution < 1.29 is 52.4 Å². The molecule has 0 N–H and O–H groups in total. The minimum atomic E-state index is -1.21. The van der Waals surface area contributed by atoms with Crippen LogP contribution in [-0.4, -0.2) is 97.1 Å². The maximum absolute atomic E-state index is 13.9.